The number of benzene rings is 2. The molecule has 0 spiro atoms. The second-order valence-corrected chi connectivity index (χ2v) is 11.5. The fraction of sp³-hybridized carbons (Fsp3) is 0.483. The first kappa shape index (κ1) is 31.0. The first-order valence-electron chi connectivity index (χ1n) is 12.7. The SMILES string of the molecule is CSCCC(NC(=O)OC(C)(C)C)C(=O)N(C(C)C)C(C(=O)Nc1c(C)cccc1C)c1ccccc1O. The number of alkyl carbamates (subject to hydrolysis) is 1. The van der Waals surface area contributed by atoms with Crippen LogP contribution in [0, 0.1) is 13.8 Å². The van der Waals surface area contributed by atoms with E-state index in [1.165, 1.54) is 11.0 Å². The summed E-state index contributed by atoms with van der Waals surface area (Å²) >= 11 is 1.54. The third-order valence-electron chi connectivity index (χ3n) is 5.90. The molecule has 3 N–H and O–H groups in total. The highest BCUT2D eigenvalue weighted by Gasteiger charge is 2.39. The molecule has 0 heterocycles. The fourth-order valence-electron chi connectivity index (χ4n) is 4.14. The van der Waals surface area contributed by atoms with E-state index < -0.39 is 41.6 Å². The number of aryl methyl sites for hydroxylation is 2. The average molecular weight is 544 g/mol. The van der Waals surface area contributed by atoms with Crippen molar-refractivity contribution in [2.45, 2.75) is 78.6 Å². The summed E-state index contributed by atoms with van der Waals surface area (Å²) in [6, 6.07) is 9.66. The lowest BCUT2D eigenvalue weighted by Gasteiger charge is -2.37. The predicted octanol–water partition coefficient (Wildman–Crippen LogP) is 5.57. The normalized spacial score (nSPS) is 13.0. The van der Waals surface area contributed by atoms with Crippen LogP contribution in [0.1, 0.15) is 63.8 Å². The smallest absolute Gasteiger partial charge is 0.408 e. The van der Waals surface area contributed by atoms with Crippen LogP contribution in [0.2, 0.25) is 0 Å². The van der Waals surface area contributed by atoms with Crippen molar-refractivity contribution in [3.63, 3.8) is 0 Å². The largest absolute Gasteiger partial charge is 0.508 e. The summed E-state index contributed by atoms with van der Waals surface area (Å²) in [7, 11) is 0. The Balaban J connectivity index is 2.55. The number of hydrogen-bond acceptors (Lipinski definition) is 6. The van der Waals surface area contributed by atoms with E-state index in [0.29, 0.717) is 23.4 Å². The maximum atomic E-state index is 14.1. The van der Waals surface area contributed by atoms with Gasteiger partial charge in [-0.1, -0.05) is 36.4 Å². The van der Waals surface area contributed by atoms with E-state index in [1.807, 2.05) is 38.3 Å². The Kier molecular flexibility index (Phi) is 11.1. The maximum Gasteiger partial charge on any atom is 0.408 e. The molecule has 0 aliphatic rings. The van der Waals surface area contributed by atoms with E-state index in [1.54, 1.807) is 64.6 Å². The van der Waals surface area contributed by atoms with E-state index in [4.69, 9.17) is 4.74 Å². The van der Waals surface area contributed by atoms with Crippen molar-refractivity contribution in [1.29, 1.82) is 0 Å². The minimum atomic E-state index is -1.15. The Labute approximate surface area is 230 Å². The molecule has 0 aromatic heterocycles. The molecule has 9 heteroatoms. The lowest BCUT2D eigenvalue weighted by Crippen LogP contribution is -2.54. The van der Waals surface area contributed by atoms with Gasteiger partial charge in [0.1, 0.15) is 23.4 Å². The molecule has 0 fully saturated rings. The number of para-hydroxylation sites is 2. The fourth-order valence-corrected chi connectivity index (χ4v) is 4.61. The highest BCUT2D eigenvalue weighted by atomic mass is 32.2. The van der Waals surface area contributed by atoms with Crippen molar-refractivity contribution in [3.8, 4) is 5.75 Å². The van der Waals surface area contributed by atoms with Crippen LogP contribution in [-0.4, -0.2) is 57.6 Å². The monoisotopic (exact) mass is 543 g/mol. The number of thioether (sulfide) groups is 1. The minimum Gasteiger partial charge on any atom is -0.508 e. The molecular weight excluding hydrogens is 502 g/mol. The summed E-state index contributed by atoms with van der Waals surface area (Å²) < 4.78 is 5.41. The summed E-state index contributed by atoms with van der Waals surface area (Å²) in [5.74, 6) is -0.404. The number of amides is 3. The number of phenolic OH excluding ortho intramolecular Hbond substituents is 1. The molecule has 0 saturated carbocycles. The van der Waals surface area contributed by atoms with Crippen molar-refractivity contribution >= 4 is 35.4 Å². The van der Waals surface area contributed by atoms with E-state index in [0.717, 1.165) is 11.1 Å². The van der Waals surface area contributed by atoms with Crippen LogP contribution in [0.3, 0.4) is 0 Å². The van der Waals surface area contributed by atoms with Gasteiger partial charge in [0.2, 0.25) is 5.91 Å². The lowest BCUT2D eigenvalue weighted by atomic mass is 9.99. The molecular formula is C29H41N3O5S. The third-order valence-corrected chi connectivity index (χ3v) is 6.54. The van der Waals surface area contributed by atoms with Gasteiger partial charge in [-0.15, -0.1) is 0 Å². The Morgan fingerprint density at radius 1 is 1.03 bits per heavy atom. The molecule has 0 aliphatic heterocycles. The van der Waals surface area contributed by atoms with Crippen LogP contribution in [0.25, 0.3) is 0 Å². The van der Waals surface area contributed by atoms with Crippen LogP contribution in [-0.2, 0) is 14.3 Å². The molecule has 0 bridgehead atoms. The number of anilines is 1. The Hall–Kier alpha value is -3.20. The zero-order chi connectivity index (χ0) is 28.6. The molecule has 0 saturated heterocycles. The van der Waals surface area contributed by atoms with Gasteiger partial charge in [-0.05, 0) is 84.1 Å². The second kappa shape index (κ2) is 13.6. The number of aromatic hydroxyl groups is 1. The maximum absolute atomic E-state index is 14.1. The highest BCUT2D eigenvalue weighted by Crippen LogP contribution is 2.33. The standard InChI is InChI=1S/C29H41N3O5S/c1-18(2)32(27(35)22(16-17-38-8)30-28(36)37-29(5,6)7)25(21-14-9-10-15-23(21)33)26(34)31-24-19(3)12-11-13-20(24)4/h9-15,18,22,25,33H,16-17H2,1-8H3,(H,30,36)(H,31,34). The number of phenols is 1. The number of rotatable bonds is 10. The number of ether oxygens (including phenoxy) is 1. The van der Waals surface area contributed by atoms with E-state index in [9.17, 15) is 19.5 Å². The third kappa shape index (κ3) is 8.41. The summed E-state index contributed by atoms with van der Waals surface area (Å²) in [6.45, 7) is 12.6. The van der Waals surface area contributed by atoms with Gasteiger partial charge in [0.05, 0.1) is 0 Å². The zero-order valence-corrected chi connectivity index (χ0v) is 24.4. The average Bonchev–Trinajstić information content (AvgIpc) is 2.81. The van der Waals surface area contributed by atoms with Crippen LogP contribution in [0.4, 0.5) is 10.5 Å². The Morgan fingerprint density at radius 3 is 2.16 bits per heavy atom. The quantitative estimate of drug-likeness (QED) is 0.362. The summed E-state index contributed by atoms with van der Waals surface area (Å²) in [5.41, 5.74) is 1.96. The van der Waals surface area contributed by atoms with Gasteiger partial charge in [-0.2, -0.15) is 11.8 Å². The lowest BCUT2D eigenvalue weighted by molar-refractivity contribution is -0.143. The summed E-state index contributed by atoms with van der Waals surface area (Å²) in [5, 5.41) is 16.5. The predicted molar refractivity (Wildman–Crippen MR) is 154 cm³/mol. The van der Waals surface area contributed by atoms with Gasteiger partial charge in [-0.25, -0.2) is 4.79 Å². The van der Waals surface area contributed by atoms with Crippen LogP contribution in [0.5, 0.6) is 5.75 Å². The number of carbonyl (C=O) groups excluding carboxylic acids is 3. The van der Waals surface area contributed by atoms with E-state index in [2.05, 4.69) is 10.6 Å². The molecule has 2 aromatic carbocycles. The molecule has 2 aromatic rings. The van der Waals surface area contributed by atoms with E-state index in [-0.39, 0.29) is 5.75 Å². The first-order valence-corrected chi connectivity index (χ1v) is 14.1. The second-order valence-electron chi connectivity index (χ2n) is 10.5. The van der Waals surface area contributed by atoms with Gasteiger partial charge in [0.25, 0.3) is 5.91 Å². The Bertz CT molecular complexity index is 1110. The van der Waals surface area contributed by atoms with Gasteiger partial charge >= 0.3 is 6.09 Å². The van der Waals surface area contributed by atoms with Crippen molar-refractivity contribution in [2.24, 2.45) is 0 Å². The first-order chi connectivity index (χ1) is 17.8. The number of carbonyl (C=O) groups is 3. The molecule has 2 atom stereocenters. The molecule has 8 nitrogen and oxygen atoms in total. The summed E-state index contributed by atoms with van der Waals surface area (Å²) in [4.78, 5) is 42.1. The zero-order valence-electron chi connectivity index (χ0n) is 23.6. The van der Waals surface area contributed by atoms with E-state index >= 15 is 0 Å². The molecule has 38 heavy (non-hydrogen) atoms. The molecule has 2 rings (SSSR count). The van der Waals surface area contributed by atoms with Crippen molar-refractivity contribution < 1.29 is 24.2 Å². The van der Waals surface area contributed by atoms with Gasteiger partial charge in [0, 0.05) is 17.3 Å². The molecule has 208 valence electrons. The van der Waals surface area contributed by atoms with Crippen LogP contribution >= 0.6 is 11.8 Å². The molecule has 0 aliphatic carbocycles. The Morgan fingerprint density at radius 2 is 1.63 bits per heavy atom. The van der Waals surface area contributed by atoms with Crippen molar-refractivity contribution in [3.05, 3.63) is 59.2 Å². The van der Waals surface area contributed by atoms with Gasteiger partial charge < -0.3 is 25.4 Å². The molecule has 0 radical (unpaired) electrons. The number of hydrogen-bond donors (Lipinski definition) is 3. The molecule has 2 unspecified atom stereocenters. The van der Waals surface area contributed by atoms with Crippen molar-refractivity contribution in [1.82, 2.24) is 10.2 Å². The van der Waals surface area contributed by atoms with Crippen LogP contribution in [0.15, 0.2) is 42.5 Å². The van der Waals surface area contributed by atoms with Gasteiger partial charge in [0.15, 0.2) is 0 Å². The summed E-state index contributed by atoms with van der Waals surface area (Å²) in [6.07, 6.45) is 1.55. The molecule has 3 amide bonds. The highest BCUT2D eigenvalue weighted by molar-refractivity contribution is 7.98. The number of nitrogens with one attached hydrogen (secondary N) is 2. The van der Waals surface area contributed by atoms with Crippen LogP contribution < -0.4 is 10.6 Å². The van der Waals surface area contributed by atoms with Gasteiger partial charge in [-0.3, -0.25) is 9.59 Å². The van der Waals surface area contributed by atoms with Crippen molar-refractivity contribution in [2.75, 3.05) is 17.3 Å². The topological polar surface area (TPSA) is 108 Å². The minimum absolute atomic E-state index is 0.103. The number of nitrogens with zero attached hydrogens (tertiary/aromatic N) is 1.